The number of imidazole rings is 1. The molecule has 0 saturated carbocycles. The van der Waals surface area contributed by atoms with E-state index in [0.29, 0.717) is 5.56 Å². The molecule has 1 N–H and O–H groups in total. The summed E-state index contributed by atoms with van der Waals surface area (Å²) in [6.45, 7) is 9.12. The molecule has 0 aliphatic carbocycles. The minimum Gasteiger partial charge on any atom is -0.374 e. The van der Waals surface area contributed by atoms with E-state index in [1.54, 1.807) is 30.3 Å². The third-order valence-electron chi connectivity index (χ3n) is 6.38. The number of hydrogen-bond acceptors (Lipinski definition) is 10. The van der Waals surface area contributed by atoms with E-state index in [0.717, 1.165) is 0 Å². The summed E-state index contributed by atoms with van der Waals surface area (Å²) in [5.74, 6) is -0.314. The fraction of sp³-hybridized carbons (Fsp3) is 0.536. The zero-order valence-electron chi connectivity index (χ0n) is 28.6. The van der Waals surface area contributed by atoms with Crippen LogP contribution >= 0.6 is 8.53 Å². The summed E-state index contributed by atoms with van der Waals surface area (Å²) in [5.41, 5.74) is 0.769. The highest BCUT2D eigenvalue weighted by Crippen LogP contribution is 2.51. The number of benzene rings is 1. The van der Waals surface area contributed by atoms with Crippen LogP contribution in [0, 0.1) is 11.3 Å². The Kier molecular flexibility index (Phi) is 8.52. The Morgan fingerprint density at radius 1 is 1.24 bits per heavy atom. The average molecular weight is 589 g/mol. The van der Waals surface area contributed by atoms with Crippen LogP contribution in [0.1, 0.15) is 70.9 Å². The lowest BCUT2D eigenvalue weighted by molar-refractivity contribution is -0.0494. The Morgan fingerprint density at radius 3 is 2.66 bits per heavy atom. The summed E-state index contributed by atoms with van der Waals surface area (Å²) in [6.07, 6.45) is -4.67. The van der Waals surface area contributed by atoms with Gasteiger partial charge in [0.2, 0.25) is 0 Å². The van der Waals surface area contributed by atoms with Gasteiger partial charge >= 0.3 is 0 Å². The summed E-state index contributed by atoms with van der Waals surface area (Å²) in [6, 6.07) is 10.4. The van der Waals surface area contributed by atoms with E-state index in [9.17, 15) is 4.79 Å². The molecular formula is C28H38N7O5P. The van der Waals surface area contributed by atoms with Crippen molar-refractivity contribution in [2.45, 2.75) is 84.0 Å². The number of carbonyl (C=O) groups excluding carboxylic acids is 1. The van der Waals surface area contributed by atoms with Crippen molar-refractivity contribution in [1.29, 1.82) is 5.26 Å². The molecule has 1 aliphatic rings. The van der Waals surface area contributed by atoms with E-state index in [1.165, 1.54) is 24.1 Å². The second kappa shape index (κ2) is 14.2. The van der Waals surface area contributed by atoms with Gasteiger partial charge in [-0.25, -0.2) is 19.6 Å². The SMILES string of the molecule is [2H]C([2H])([2H])O[C@@H]1[C@H](OP(OCCC#N)N(C(C)C)C(C)C)[C@@H](C([2H])([2H])C)O[C@H]1n1cnc2c(NC(=O)c3ccccc3)ncnc21. The molecule has 0 spiro atoms. The van der Waals surface area contributed by atoms with Crippen molar-refractivity contribution in [1.82, 2.24) is 24.2 Å². The second-order valence-electron chi connectivity index (χ2n) is 9.80. The molecule has 13 heteroatoms. The molecular weight excluding hydrogens is 545 g/mol. The van der Waals surface area contributed by atoms with Crippen LogP contribution in [0.25, 0.3) is 11.2 Å². The number of fused-ring (bicyclic) bond motifs is 1. The first-order valence-corrected chi connectivity index (χ1v) is 14.4. The van der Waals surface area contributed by atoms with Crippen molar-refractivity contribution in [2.75, 3.05) is 19.0 Å². The molecule has 1 amide bonds. The molecule has 2 aromatic heterocycles. The van der Waals surface area contributed by atoms with E-state index in [1.807, 2.05) is 38.4 Å². The molecule has 4 rings (SSSR count). The molecule has 1 aromatic carbocycles. The molecule has 1 aliphatic heterocycles. The Hall–Kier alpha value is -3.04. The van der Waals surface area contributed by atoms with Crippen LogP contribution in [0.5, 0.6) is 0 Å². The van der Waals surface area contributed by atoms with Crippen LogP contribution in [-0.2, 0) is 18.5 Å². The van der Waals surface area contributed by atoms with Gasteiger partial charge in [0.25, 0.3) is 14.4 Å². The predicted octanol–water partition coefficient (Wildman–Crippen LogP) is 5.06. The van der Waals surface area contributed by atoms with Crippen molar-refractivity contribution < 1.29 is 30.2 Å². The van der Waals surface area contributed by atoms with E-state index >= 15 is 0 Å². The Labute approximate surface area is 249 Å². The van der Waals surface area contributed by atoms with E-state index < -0.39 is 52.4 Å². The van der Waals surface area contributed by atoms with Gasteiger partial charge in [-0.15, -0.1) is 0 Å². The number of carbonyl (C=O) groups is 1. The highest BCUT2D eigenvalue weighted by molar-refractivity contribution is 7.44. The molecule has 220 valence electrons. The summed E-state index contributed by atoms with van der Waals surface area (Å²) in [5, 5.41) is 11.8. The van der Waals surface area contributed by atoms with Gasteiger partial charge in [-0.2, -0.15) is 5.26 Å². The van der Waals surface area contributed by atoms with Crippen LogP contribution in [0.4, 0.5) is 5.82 Å². The number of anilines is 1. The third kappa shape index (κ3) is 6.89. The normalized spacial score (nSPS) is 24.0. The first-order chi connectivity index (χ1) is 21.6. The van der Waals surface area contributed by atoms with Gasteiger partial charge in [-0.1, -0.05) is 25.1 Å². The van der Waals surface area contributed by atoms with Gasteiger partial charge in [0, 0.05) is 27.4 Å². The number of hydrogen-bond donors (Lipinski definition) is 1. The van der Waals surface area contributed by atoms with Crippen LogP contribution in [0.15, 0.2) is 43.0 Å². The van der Waals surface area contributed by atoms with Crippen molar-refractivity contribution in [3.05, 3.63) is 48.5 Å². The number of aromatic nitrogens is 4. The number of amides is 1. The minimum absolute atomic E-state index is 0.0458. The lowest BCUT2D eigenvalue weighted by Crippen LogP contribution is -2.39. The van der Waals surface area contributed by atoms with E-state index in [2.05, 4.69) is 20.3 Å². The molecule has 1 saturated heterocycles. The zero-order chi connectivity index (χ0) is 33.8. The monoisotopic (exact) mass is 588 g/mol. The standard InChI is InChI=1S/C28H38N7O5P/c1-7-21-23(40-41(38-15-11-14-29)35(18(2)3)19(4)5)24(37-6)28(39-21)34-17-32-22-25(30-16-31-26(22)34)33-27(36)20-12-9-8-10-13-20/h8-10,12-13,16-19,21,23-24,28H,7,11,15H2,1-6H3,(H,30,31,33,36)/t21-,23-,24-,28-,41?/m1/s1/i6D3,7D2. The molecule has 0 radical (unpaired) electrons. The van der Waals surface area contributed by atoms with Crippen LogP contribution in [-0.4, -0.2) is 74.1 Å². The molecule has 1 unspecified atom stereocenters. The molecule has 3 heterocycles. The summed E-state index contributed by atoms with van der Waals surface area (Å²) in [7, 11) is -4.87. The highest BCUT2D eigenvalue weighted by atomic mass is 31.2. The van der Waals surface area contributed by atoms with Crippen molar-refractivity contribution in [3.63, 3.8) is 0 Å². The number of rotatable bonds is 13. The summed E-state index contributed by atoms with van der Waals surface area (Å²) < 4.78 is 68.9. The van der Waals surface area contributed by atoms with Crippen molar-refractivity contribution in [3.8, 4) is 6.07 Å². The van der Waals surface area contributed by atoms with Gasteiger partial charge < -0.3 is 23.8 Å². The van der Waals surface area contributed by atoms with Gasteiger partial charge in [0.1, 0.15) is 18.5 Å². The van der Waals surface area contributed by atoms with Crippen LogP contribution < -0.4 is 5.32 Å². The average Bonchev–Trinajstić information content (AvgIpc) is 3.54. The number of nitrogens with one attached hydrogen (secondary N) is 1. The Balaban J connectivity index is 1.76. The van der Waals surface area contributed by atoms with Crippen molar-refractivity contribution >= 4 is 31.4 Å². The third-order valence-corrected chi connectivity index (χ3v) is 8.51. The molecule has 1 fully saturated rings. The lowest BCUT2D eigenvalue weighted by Gasteiger charge is -2.38. The molecule has 12 nitrogen and oxygen atoms in total. The molecule has 0 bridgehead atoms. The number of nitriles is 1. The first kappa shape index (κ1) is 24.5. The fourth-order valence-corrected chi connectivity index (χ4v) is 6.38. The largest absolute Gasteiger partial charge is 0.374 e. The lowest BCUT2D eigenvalue weighted by atomic mass is 10.1. The number of ether oxygens (including phenoxy) is 2. The maximum Gasteiger partial charge on any atom is 0.259 e. The van der Waals surface area contributed by atoms with Gasteiger partial charge in [-0.3, -0.25) is 9.36 Å². The maximum atomic E-state index is 12.9. The predicted molar refractivity (Wildman–Crippen MR) is 155 cm³/mol. The first-order valence-electron chi connectivity index (χ1n) is 15.7. The highest BCUT2D eigenvalue weighted by Gasteiger charge is 2.49. The van der Waals surface area contributed by atoms with Crippen LogP contribution in [0.2, 0.25) is 0 Å². The quantitative estimate of drug-likeness (QED) is 0.213. The van der Waals surface area contributed by atoms with Crippen LogP contribution in [0.3, 0.4) is 0 Å². The topological polar surface area (TPSA) is 137 Å². The number of nitrogens with zero attached hydrogens (tertiary/aromatic N) is 6. The van der Waals surface area contributed by atoms with E-state index in [-0.39, 0.29) is 42.1 Å². The van der Waals surface area contributed by atoms with Crippen molar-refractivity contribution in [2.24, 2.45) is 0 Å². The van der Waals surface area contributed by atoms with Gasteiger partial charge in [-0.05, 0) is 46.2 Å². The second-order valence-corrected chi connectivity index (χ2v) is 11.2. The maximum absolute atomic E-state index is 12.9. The summed E-state index contributed by atoms with van der Waals surface area (Å²) in [4.78, 5) is 25.8. The number of methoxy groups -OCH3 is 1. The molecule has 41 heavy (non-hydrogen) atoms. The van der Waals surface area contributed by atoms with Gasteiger partial charge in [0.05, 0.1) is 35.6 Å². The fourth-order valence-electron chi connectivity index (χ4n) is 4.63. The zero-order valence-corrected chi connectivity index (χ0v) is 24.5. The minimum atomic E-state index is -2.93. The Bertz CT molecular complexity index is 1510. The molecule has 5 atom stereocenters. The van der Waals surface area contributed by atoms with Gasteiger partial charge in [0.15, 0.2) is 23.2 Å². The molecule has 3 aromatic rings. The van der Waals surface area contributed by atoms with E-state index in [4.69, 9.17) is 30.6 Å². The smallest absolute Gasteiger partial charge is 0.259 e. The summed E-state index contributed by atoms with van der Waals surface area (Å²) >= 11 is 0. The Morgan fingerprint density at radius 2 is 2.00 bits per heavy atom.